The topological polar surface area (TPSA) is 98.6 Å². The highest BCUT2D eigenvalue weighted by Crippen LogP contribution is 2.38. The summed E-state index contributed by atoms with van der Waals surface area (Å²) in [4.78, 5) is 29.1. The molecule has 0 unspecified atom stereocenters. The molecule has 3 N–H and O–H groups in total. The van der Waals surface area contributed by atoms with Crippen molar-refractivity contribution >= 4 is 30.0 Å². The van der Waals surface area contributed by atoms with Crippen molar-refractivity contribution in [3.05, 3.63) is 24.5 Å². The maximum atomic E-state index is 11.0. The van der Waals surface area contributed by atoms with Gasteiger partial charge in [-0.3, -0.25) is 4.57 Å². The monoisotopic (exact) mass is 350 g/mol. The summed E-state index contributed by atoms with van der Waals surface area (Å²) in [5.74, 6) is 1.31. The molecule has 130 valence electrons. The van der Waals surface area contributed by atoms with E-state index in [1.54, 1.807) is 6.33 Å². The first-order chi connectivity index (χ1) is 11.5. The van der Waals surface area contributed by atoms with Gasteiger partial charge in [-0.25, -0.2) is 9.97 Å². The van der Waals surface area contributed by atoms with Crippen LogP contribution in [0.2, 0.25) is 0 Å². The molecule has 0 bridgehead atoms. The zero-order chi connectivity index (χ0) is 17.2. The predicted octanol–water partition coefficient (Wildman–Crippen LogP) is 2.46. The van der Waals surface area contributed by atoms with E-state index >= 15 is 0 Å². The van der Waals surface area contributed by atoms with E-state index in [0.717, 1.165) is 48.3 Å². The summed E-state index contributed by atoms with van der Waals surface area (Å²) >= 11 is 0. The normalized spacial score (nSPS) is 16.5. The highest BCUT2D eigenvalue weighted by Gasteiger charge is 2.24. The number of hydrogen-bond donors (Lipinski definition) is 3. The van der Waals surface area contributed by atoms with Crippen LogP contribution < -0.4 is 10.2 Å². The van der Waals surface area contributed by atoms with Gasteiger partial charge in [-0.1, -0.05) is 0 Å². The Balaban J connectivity index is 1.70. The molecule has 0 saturated carbocycles. The minimum atomic E-state index is -3.89. The van der Waals surface area contributed by atoms with Crippen LogP contribution in [0.25, 0.3) is 10.9 Å². The van der Waals surface area contributed by atoms with Crippen molar-refractivity contribution in [3.63, 3.8) is 0 Å². The number of hydrogen-bond acceptors (Lipinski definition) is 5. The number of rotatable bonds is 5. The fraction of sp³-hybridized carbons (Fsp3) is 0.500. The summed E-state index contributed by atoms with van der Waals surface area (Å²) in [5, 5.41) is 4.14. The van der Waals surface area contributed by atoms with E-state index in [2.05, 4.69) is 20.2 Å². The van der Waals surface area contributed by atoms with Crippen molar-refractivity contribution in [3.8, 4) is 0 Å². The molecule has 0 atom stereocenters. The van der Waals surface area contributed by atoms with Gasteiger partial charge in [0.1, 0.15) is 12.1 Å². The molecule has 1 fully saturated rings. The van der Waals surface area contributed by atoms with Gasteiger partial charge in [0.2, 0.25) is 0 Å². The third-order valence-electron chi connectivity index (χ3n) is 4.65. The van der Waals surface area contributed by atoms with Crippen molar-refractivity contribution < 1.29 is 14.4 Å². The Morgan fingerprint density at radius 2 is 2.04 bits per heavy atom. The van der Waals surface area contributed by atoms with Crippen molar-refractivity contribution in [1.82, 2.24) is 9.97 Å². The first kappa shape index (κ1) is 17.1. The molecule has 0 aliphatic carbocycles. The maximum Gasteiger partial charge on any atom is 0.325 e. The van der Waals surface area contributed by atoms with Crippen molar-refractivity contribution in [1.29, 1.82) is 0 Å². The highest BCUT2D eigenvalue weighted by molar-refractivity contribution is 7.51. The molecule has 1 aliphatic rings. The second-order valence-corrected chi connectivity index (χ2v) is 8.06. The Kier molecular flexibility index (Phi) is 5.04. The van der Waals surface area contributed by atoms with Crippen LogP contribution in [-0.4, -0.2) is 46.1 Å². The largest absolute Gasteiger partial charge is 0.388 e. The molecule has 2 heterocycles. The first-order valence-corrected chi connectivity index (χ1v) is 9.98. The number of piperidine rings is 1. The van der Waals surface area contributed by atoms with Crippen molar-refractivity contribution in [2.45, 2.75) is 19.3 Å². The number of benzene rings is 1. The van der Waals surface area contributed by atoms with Gasteiger partial charge in [0, 0.05) is 31.2 Å². The van der Waals surface area contributed by atoms with Gasteiger partial charge in [0.05, 0.1) is 11.7 Å². The van der Waals surface area contributed by atoms with Gasteiger partial charge in [0.15, 0.2) is 0 Å². The van der Waals surface area contributed by atoms with Gasteiger partial charge < -0.3 is 20.0 Å². The molecule has 1 aromatic carbocycles. The summed E-state index contributed by atoms with van der Waals surface area (Å²) in [6.45, 7) is 1.71. The zero-order valence-electron chi connectivity index (χ0n) is 13.7. The lowest BCUT2D eigenvalue weighted by Gasteiger charge is -2.33. The van der Waals surface area contributed by atoms with Crippen LogP contribution in [0.1, 0.15) is 19.3 Å². The molecule has 3 rings (SSSR count). The van der Waals surface area contributed by atoms with Gasteiger partial charge in [-0.2, -0.15) is 0 Å². The molecule has 8 heteroatoms. The fourth-order valence-electron chi connectivity index (χ4n) is 3.23. The minimum absolute atomic E-state index is 0.0130. The van der Waals surface area contributed by atoms with E-state index < -0.39 is 7.60 Å². The number of nitrogens with zero attached hydrogens (tertiary/aromatic N) is 3. The third-order valence-corrected chi connectivity index (χ3v) is 5.49. The average molecular weight is 350 g/mol. The molecule has 0 amide bonds. The standard InChI is InChI=1S/C16H23N4O3P/c1-17-13-2-3-14-15(10-13)18-11-19-16(14)20-7-4-12(5-8-20)6-9-24(21,22)23/h2-3,10-12,17H,4-9H2,1H3,(H2,21,22,23). The fourth-order valence-corrected chi connectivity index (χ4v) is 3.94. The van der Waals surface area contributed by atoms with Gasteiger partial charge in [-0.05, 0) is 43.4 Å². The number of fused-ring (bicyclic) bond motifs is 1. The summed E-state index contributed by atoms with van der Waals surface area (Å²) in [6.07, 6.45) is 4.03. The lowest BCUT2D eigenvalue weighted by molar-refractivity contribution is 0.350. The summed E-state index contributed by atoms with van der Waals surface area (Å²) in [7, 11) is -2.01. The molecular weight excluding hydrogens is 327 g/mol. The van der Waals surface area contributed by atoms with E-state index in [4.69, 9.17) is 9.79 Å². The lowest BCUT2D eigenvalue weighted by atomic mass is 9.94. The third kappa shape index (κ3) is 4.04. The zero-order valence-corrected chi connectivity index (χ0v) is 14.6. The Morgan fingerprint density at radius 3 is 2.71 bits per heavy atom. The quantitative estimate of drug-likeness (QED) is 0.713. The second-order valence-electron chi connectivity index (χ2n) is 6.29. The van der Waals surface area contributed by atoms with Crippen LogP contribution in [0.4, 0.5) is 11.5 Å². The summed E-state index contributed by atoms with van der Waals surface area (Å²) < 4.78 is 11.0. The van der Waals surface area contributed by atoms with E-state index in [0.29, 0.717) is 12.3 Å². The van der Waals surface area contributed by atoms with Gasteiger partial charge >= 0.3 is 7.60 Å². The molecule has 0 radical (unpaired) electrons. The Labute approximate surface area is 141 Å². The maximum absolute atomic E-state index is 11.0. The highest BCUT2D eigenvalue weighted by atomic mass is 31.2. The number of aromatic nitrogens is 2. The van der Waals surface area contributed by atoms with E-state index in [1.807, 2.05) is 25.2 Å². The molecule has 7 nitrogen and oxygen atoms in total. The summed E-state index contributed by atoms with van der Waals surface area (Å²) in [6, 6.07) is 6.06. The second kappa shape index (κ2) is 7.05. The van der Waals surface area contributed by atoms with E-state index in [-0.39, 0.29) is 6.16 Å². The molecule has 1 saturated heterocycles. The Bertz CT molecular complexity index is 756. The SMILES string of the molecule is CNc1ccc2c(N3CCC(CCP(=O)(O)O)CC3)ncnc2c1. The molecule has 0 spiro atoms. The smallest absolute Gasteiger partial charge is 0.325 e. The van der Waals surface area contributed by atoms with Crippen molar-refractivity contribution in [2.75, 3.05) is 36.5 Å². The molecule has 24 heavy (non-hydrogen) atoms. The molecule has 1 aromatic heterocycles. The Hall–Kier alpha value is -1.69. The number of nitrogens with one attached hydrogen (secondary N) is 1. The Morgan fingerprint density at radius 1 is 1.29 bits per heavy atom. The van der Waals surface area contributed by atoms with Crippen LogP contribution >= 0.6 is 7.60 Å². The van der Waals surface area contributed by atoms with Crippen LogP contribution in [0.3, 0.4) is 0 Å². The first-order valence-electron chi connectivity index (χ1n) is 8.18. The number of anilines is 2. The van der Waals surface area contributed by atoms with Crippen LogP contribution in [0, 0.1) is 5.92 Å². The molecule has 1 aliphatic heterocycles. The van der Waals surface area contributed by atoms with Crippen molar-refractivity contribution in [2.24, 2.45) is 5.92 Å². The van der Waals surface area contributed by atoms with Crippen LogP contribution in [0.15, 0.2) is 24.5 Å². The predicted molar refractivity (Wildman–Crippen MR) is 95.5 cm³/mol. The average Bonchev–Trinajstić information content (AvgIpc) is 2.59. The van der Waals surface area contributed by atoms with Crippen LogP contribution in [0.5, 0.6) is 0 Å². The lowest BCUT2D eigenvalue weighted by Crippen LogP contribution is -2.34. The molecule has 2 aromatic rings. The minimum Gasteiger partial charge on any atom is -0.388 e. The van der Waals surface area contributed by atoms with Crippen LogP contribution in [-0.2, 0) is 4.57 Å². The van der Waals surface area contributed by atoms with E-state index in [1.165, 1.54) is 0 Å². The van der Waals surface area contributed by atoms with Gasteiger partial charge in [-0.15, -0.1) is 0 Å². The summed E-state index contributed by atoms with van der Waals surface area (Å²) in [5.41, 5.74) is 1.93. The molecular formula is C16H23N4O3P. The van der Waals surface area contributed by atoms with Gasteiger partial charge in [0.25, 0.3) is 0 Å². The van der Waals surface area contributed by atoms with E-state index in [9.17, 15) is 4.57 Å².